The smallest absolute Gasteiger partial charge is 0.128 e. The first-order valence-corrected chi connectivity index (χ1v) is 7.25. The SMILES string of the molecule is COc1ccc(C(C)(O)CC2CCCCN2)c(OC)c1. The van der Waals surface area contributed by atoms with E-state index in [9.17, 15) is 5.11 Å². The lowest BCUT2D eigenvalue weighted by Crippen LogP contribution is -2.39. The molecule has 0 amide bonds. The Morgan fingerprint density at radius 1 is 1.30 bits per heavy atom. The average molecular weight is 279 g/mol. The normalized spacial score (nSPS) is 22.1. The zero-order valence-electron chi connectivity index (χ0n) is 12.6. The summed E-state index contributed by atoms with van der Waals surface area (Å²) in [5.74, 6) is 1.40. The zero-order chi connectivity index (χ0) is 14.6. The van der Waals surface area contributed by atoms with Crippen LogP contribution in [0.1, 0.15) is 38.2 Å². The number of piperidine rings is 1. The monoisotopic (exact) mass is 279 g/mol. The highest BCUT2D eigenvalue weighted by molar-refractivity contribution is 5.43. The maximum absolute atomic E-state index is 10.9. The molecule has 4 heteroatoms. The van der Waals surface area contributed by atoms with Crippen LogP contribution in [0.15, 0.2) is 18.2 Å². The van der Waals surface area contributed by atoms with E-state index in [1.165, 1.54) is 12.8 Å². The summed E-state index contributed by atoms with van der Waals surface area (Å²) in [4.78, 5) is 0. The Morgan fingerprint density at radius 3 is 2.70 bits per heavy atom. The van der Waals surface area contributed by atoms with Gasteiger partial charge in [0.1, 0.15) is 11.5 Å². The maximum atomic E-state index is 10.9. The van der Waals surface area contributed by atoms with Crippen LogP contribution in [0.25, 0.3) is 0 Å². The number of benzene rings is 1. The minimum Gasteiger partial charge on any atom is -0.497 e. The fraction of sp³-hybridized carbons (Fsp3) is 0.625. The third kappa shape index (κ3) is 3.44. The van der Waals surface area contributed by atoms with E-state index in [1.54, 1.807) is 14.2 Å². The van der Waals surface area contributed by atoms with Crippen molar-refractivity contribution in [1.82, 2.24) is 5.32 Å². The average Bonchev–Trinajstić information content (AvgIpc) is 2.47. The van der Waals surface area contributed by atoms with E-state index in [0.717, 1.165) is 24.3 Å². The van der Waals surface area contributed by atoms with Crippen LogP contribution >= 0.6 is 0 Å². The second-order valence-electron chi connectivity index (χ2n) is 5.69. The van der Waals surface area contributed by atoms with Gasteiger partial charge < -0.3 is 19.9 Å². The maximum Gasteiger partial charge on any atom is 0.128 e. The number of hydrogen-bond donors (Lipinski definition) is 2. The molecule has 1 aromatic carbocycles. The number of hydrogen-bond acceptors (Lipinski definition) is 4. The largest absolute Gasteiger partial charge is 0.497 e. The third-order valence-electron chi connectivity index (χ3n) is 4.05. The Kier molecular flexibility index (Phi) is 4.89. The summed E-state index contributed by atoms with van der Waals surface area (Å²) >= 11 is 0. The van der Waals surface area contributed by atoms with Crippen LogP contribution in [-0.4, -0.2) is 31.9 Å². The van der Waals surface area contributed by atoms with E-state index < -0.39 is 5.60 Å². The van der Waals surface area contributed by atoms with Gasteiger partial charge in [0.25, 0.3) is 0 Å². The van der Waals surface area contributed by atoms with Gasteiger partial charge >= 0.3 is 0 Å². The van der Waals surface area contributed by atoms with Crippen LogP contribution < -0.4 is 14.8 Å². The van der Waals surface area contributed by atoms with Gasteiger partial charge in [-0.15, -0.1) is 0 Å². The Labute approximate surface area is 121 Å². The van der Waals surface area contributed by atoms with E-state index in [0.29, 0.717) is 18.2 Å². The summed E-state index contributed by atoms with van der Waals surface area (Å²) in [5.41, 5.74) is -0.0970. The molecule has 1 heterocycles. The highest BCUT2D eigenvalue weighted by atomic mass is 16.5. The molecule has 1 aromatic rings. The van der Waals surface area contributed by atoms with E-state index in [-0.39, 0.29) is 0 Å². The van der Waals surface area contributed by atoms with E-state index in [1.807, 2.05) is 25.1 Å². The lowest BCUT2D eigenvalue weighted by atomic mass is 9.86. The van der Waals surface area contributed by atoms with Crippen molar-refractivity contribution in [3.63, 3.8) is 0 Å². The van der Waals surface area contributed by atoms with Gasteiger partial charge in [-0.3, -0.25) is 0 Å². The Morgan fingerprint density at radius 2 is 2.10 bits per heavy atom. The number of methoxy groups -OCH3 is 2. The standard InChI is InChI=1S/C16H25NO3/c1-16(18,11-12-6-4-5-9-17-12)14-8-7-13(19-2)10-15(14)20-3/h7-8,10,12,17-18H,4-6,9,11H2,1-3H3. The highest BCUT2D eigenvalue weighted by Gasteiger charge is 2.31. The summed E-state index contributed by atoms with van der Waals surface area (Å²) < 4.78 is 10.6. The molecule has 2 unspecified atom stereocenters. The van der Waals surface area contributed by atoms with Gasteiger partial charge in [-0.2, -0.15) is 0 Å². The first-order valence-electron chi connectivity index (χ1n) is 7.25. The molecule has 0 bridgehead atoms. The van der Waals surface area contributed by atoms with Crippen LogP contribution in [0, 0.1) is 0 Å². The quantitative estimate of drug-likeness (QED) is 0.869. The van der Waals surface area contributed by atoms with Crippen LogP contribution in [0.2, 0.25) is 0 Å². The summed E-state index contributed by atoms with van der Waals surface area (Å²) in [6.07, 6.45) is 4.27. The molecule has 0 aliphatic carbocycles. The summed E-state index contributed by atoms with van der Waals surface area (Å²) in [6.45, 7) is 2.90. The topological polar surface area (TPSA) is 50.7 Å². The molecule has 2 N–H and O–H groups in total. The molecule has 0 spiro atoms. The summed E-state index contributed by atoms with van der Waals surface area (Å²) in [5, 5.41) is 14.3. The molecule has 1 saturated heterocycles. The highest BCUT2D eigenvalue weighted by Crippen LogP contribution is 2.36. The van der Waals surface area contributed by atoms with Crippen molar-refractivity contribution in [2.45, 2.75) is 44.2 Å². The fourth-order valence-electron chi connectivity index (χ4n) is 2.93. The van der Waals surface area contributed by atoms with Crippen LogP contribution in [-0.2, 0) is 5.60 Å². The predicted molar refractivity (Wildman–Crippen MR) is 79.4 cm³/mol. The van der Waals surface area contributed by atoms with Crippen molar-refractivity contribution >= 4 is 0 Å². The molecule has 1 aliphatic heterocycles. The number of aliphatic hydroxyl groups is 1. The third-order valence-corrected chi connectivity index (χ3v) is 4.05. The molecular weight excluding hydrogens is 254 g/mol. The lowest BCUT2D eigenvalue weighted by Gasteiger charge is -2.32. The van der Waals surface area contributed by atoms with Crippen molar-refractivity contribution in [2.24, 2.45) is 0 Å². The molecule has 0 radical (unpaired) electrons. The Balaban J connectivity index is 2.18. The Hall–Kier alpha value is -1.26. The van der Waals surface area contributed by atoms with E-state index in [4.69, 9.17) is 9.47 Å². The fourth-order valence-corrected chi connectivity index (χ4v) is 2.93. The van der Waals surface area contributed by atoms with E-state index in [2.05, 4.69) is 5.32 Å². The molecular formula is C16H25NO3. The van der Waals surface area contributed by atoms with Gasteiger partial charge in [0, 0.05) is 17.7 Å². The van der Waals surface area contributed by atoms with Crippen molar-refractivity contribution in [3.05, 3.63) is 23.8 Å². The van der Waals surface area contributed by atoms with Crippen molar-refractivity contribution in [1.29, 1.82) is 0 Å². The zero-order valence-corrected chi connectivity index (χ0v) is 12.6. The molecule has 4 nitrogen and oxygen atoms in total. The second kappa shape index (κ2) is 6.46. The number of nitrogens with one attached hydrogen (secondary N) is 1. The van der Waals surface area contributed by atoms with E-state index >= 15 is 0 Å². The molecule has 0 saturated carbocycles. The van der Waals surface area contributed by atoms with Gasteiger partial charge in [0.15, 0.2) is 0 Å². The van der Waals surface area contributed by atoms with Gasteiger partial charge in [-0.25, -0.2) is 0 Å². The second-order valence-corrected chi connectivity index (χ2v) is 5.69. The predicted octanol–water partition coefficient (Wildman–Crippen LogP) is 2.44. The Bertz CT molecular complexity index is 439. The molecule has 112 valence electrons. The van der Waals surface area contributed by atoms with Crippen LogP contribution in [0.5, 0.6) is 11.5 Å². The molecule has 1 fully saturated rings. The van der Waals surface area contributed by atoms with Crippen molar-refractivity contribution in [3.8, 4) is 11.5 Å². The minimum absolute atomic E-state index is 0.366. The molecule has 2 rings (SSSR count). The summed E-state index contributed by atoms with van der Waals surface area (Å²) in [7, 11) is 3.24. The number of ether oxygens (including phenoxy) is 2. The lowest BCUT2D eigenvalue weighted by molar-refractivity contribution is 0.0309. The van der Waals surface area contributed by atoms with Gasteiger partial charge in [0.05, 0.1) is 19.8 Å². The van der Waals surface area contributed by atoms with Crippen molar-refractivity contribution in [2.75, 3.05) is 20.8 Å². The number of rotatable bonds is 5. The van der Waals surface area contributed by atoms with Gasteiger partial charge in [0.2, 0.25) is 0 Å². The molecule has 0 aromatic heterocycles. The van der Waals surface area contributed by atoms with Crippen molar-refractivity contribution < 1.29 is 14.6 Å². The minimum atomic E-state index is -0.910. The van der Waals surface area contributed by atoms with Crippen LogP contribution in [0.3, 0.4) is 0 Å². The van der Waals surface area contributed by atoms with Gasteiger partial charge in [-0.1, -0.05) is 6.42 Å². The molecule has 20 heavy (non-hydrogen) atoms. The molecule has 1 aliphatic rings. The molecule has 2 atom stereocenters. The first kappa shape index (κ1) is 15.1. The van der Waals surface area contributed by atoms with Crippen LogP contribution in [0.4, 0.5) is 0 Å². The van der Waals surface area contributed by atoms with Gasteiger partial charge in [-0.05, 0) is 44.9 Å². The first-order chi connectivity index (χ1) is 9.56. The summed E-state index contributed by atoms with van der Waals surface area (Å²) in [6, 6.07) is 5.93.